The van der Waals surface area contributed by atoms with Gasteiger partial charge in [-0.2, -0.15) is 0 Å². The highest BCUT2D eigenvalue weighted by atomic mass is 19.2. The number of amides is 2. The number of nitrogens with zero attached hydrogens (tertiary/aromatic N) is 2. The number of ether oxygens (including phenoxy) is 2. The second-order valence-electron chi connectivity index (χ2n) is 5.90. The fourth-order valence-electron chi connectivity index (χ4n) is 2.99. The Morgan fingerprint density at radius 3 is 2.73 bits per heavy atom. The van der Waals surface area contributed by atoms with Crippen LogP contribution >= 0.6 is 0 Å². The molecule has 2 aliphatic rings. The van der Waals surface area contributed by atoms with Gasteiger partial charge in [-0.3, -0.25) is 9.69 Å². The molecule has 10 heteroatoms. The van der Waals surface area contributed by atoms with Crippen molar-refractivity contribution in [2.24, 2.45) is 0 Å². The van der Waals surface area contributed by atoms with E-state index in [1.54, 1.807) is 0 Å². The first-order valence-corrected chi connectivity index (χ1v) is 8.14. The van der Waals surface area contributed by atoms with Crippen molar-refractivity contribution in [3.63, 3.8) is 0 Å². The fourth-order valence-corrected chi connectivity index (χ4v) is 2.99. The van der Waals surface area contributed by atoms with Gasteiger partial charge < -0.3 is 19.7 Å². The topological polar surface area (TPSA) is 71.1 Å². The van der Waals surface area contributed by atoms with Crippen LogP contribution in [0.15, 0.2) is 6.07 Å². The van der Waals surface area contributed by atoms with Crippen molar-refractivity contribution in [2.45, 2.75) is 12.5 Å². The molecule has 1 aromatic rings. The summed E-state index contributed by atoms with van der Waals surface area (Å²) in [6.07, 6.45) is -1.68. The first-order valence-electron chi connectivity index (χ1n) is 8.14. The Labute approximate surface area is 147 Å². The number of rotatable bonds is 3. The number of carbonyl (C=O) groups excluding carboxylic acids is 2. The van der Waals surface area contributed by atoms with Crippen LogP contribution in [0.5, 0.6) is 0 Å². The molecule has 2 saturated heterocycles. The SMILES string of the molecule is CNC(=O)[C@H]1CN(c2cc(F)c(N3CCCOCC3)c(F)c2F)C(=O)O1. The van der Waals surface area contributed by atoms with Crippen molar-refractivity contribution in [1.82, 2.24) is 5.32 Å². The summed E-state index contributed by atoms with van der Waals surface area (Å²) >= 11 is 0. The average molecular weight is 373 g/mol. The molecule has 1 N–H and O–H groups in total. The van der Waals surface area contributed by atoms with Crippen LogP contribution in [-0.4, -0.2) is 58.0 Å². The molecule has 0 saturated carbocycles. The maximum Gasteiger partial charge on any atom is 0.415 e. The number of carbonyl (C=O) groups is 2. The number of hydrogen-bond acceptors (Lipinski definition) is 5. The third-order valence-electron chi connectivity index (χ3n) is 4.30. The number of benzene rings is 1. The van der Waals surface area contributed by atoms with Crippen molar-refractivity contribution in [3.8, 4) is 0 Å². The van der Waals surface area contributed by atoms with Crippen molar-refractivity contribution in [2.75, 3.05) is 49.7 Å². The molecule has 1 aromatic carbocycles. The van der Waals surface area contributed by atoms with Gasteiger partial charge in [0.1, 0.15) is 5.69 Å². The molecule has 0 aliphatic carbocycles. The second kappa shape index (κ2) is 7.40. The minimum Gasteiger partial charge on any atom is -0.434 e. The summed E-state index contributed by atoms with van der Waals surface area (Å²) in [5, 5.41) is 2.29. The summed E-state index contributed by atoms with van der Waals surface area (Å²) < 4.78 is 53.8. The van der Waals surface area contributed by atoms with E-state index in [1.807, 2.05) is 0 Å². The van der Waals surface area contributed by atoms with Gasteiger partial charge in [-0.15, -0.1) is 0 Å². The molecule has 0 unspecified atom stereocenters. The number of nitrogens with one attached hydrogen (secondary N) is 1. The second-order valence-corrected chi connectivity index (χ2v) is 5.90. The van der Waals surface area contributed by atoms with Gasteiger partial charge in [-0.1, -0.05) is 0 Å². The lowest BCUT2D eigenvalue weighted by Crippen LogP contribution is -2.35. The largest absolute Gasteiger partial charge is 0.434 e. The predicted octanol–water partition coefficient (Wildman–Crippen LogP) is 1.40. The predicted molar refractivity (Wildman–Crippen MR) is 85.6 cm³/mol. The Morgan fingerprint density at radius 1 is 1.23 bits per heavy atom. The lowest BCUT2D eigenvalue weighted by Gasteiger charge is -2.25. The Balaban J connectivity index is 1.93. The van der Waals surface area contributed by atoms with E-state index < -0.39 is 46.9 Å². The van der Waals surface area contributed by atoms with Crippen LogP contribution in [0.1, 0.15) is 6.42 Å². The van der Waals surface area contributed by atoms with Crippen molar-refractivity contribution >= 4 is 23.4 Å². The van der Waals surface area contributed by atoms with E-state index in [0.29, 0.717) is 24.5 Å². The van der Waals surface area contributed by atoms with Crippen molar-refractivity contribution < 1.29 is 32.2 Å². The highest BCUT2D eigenvalue weighted by Gasteiger charge is 2.39. The van der Waals surface area contributed by atoms with Crippen LogP contribution in [0.4, 0.5) is 29.3 Å². The van der Waals surface area contributed by atoms with Crippen LogP contribution in [0, 0.1) is 17.5 Å². The van der Waals surface area contributed by atoms with Gasteiger partial charge in [-0.25, -0.2) is 18.0 Å². The summed E-state index contributed by atoms with van der Waals surface area (Å²) in [5.41, 5.74) is -1.10. The third kappa shape index (κ3) is 3.28. The molecule has 26 heavy (non-hydrogen) atoms. The molecule has 0 spiro atoms. The standard InChI is InChI=1S/C16H18F3N3O4/c1-20-15(23)11-8-22(16(24)26-11)10-7-9(17)14(13(19)12(10)18)21-3-2-5-25-6-4-21/h7,11H,2-6,8H2,1H3,(H,20,23)/t11-/m1/s1. The van der Waals surface area contributed by atoms with Gasteiger partial charge >= 0.3 is 6.09 Å². The first-order chi connectivity index (χ1) is 12.4. The van der Waals surface area contributed by atoms with E-state index in [-0.39, 0.29) is 19.7 Å². The van der Waals surface area contributed by atoms with Crippen LogP contribution < -0.4 is 15.1 Å². The molecule has 2 aliphatic heterocycles. The Hall–Kier alpha value is -2.49. The van der Waals surface area contributed by atoms with E-state index in [1.165, 1.54) is 11.9 Å². The minimum absolute atomic E-state index is 0.219. The molecule has 0 bridgehead atoms. The maximum atomic E-state index is 14.6. The van der Waals surface area contributed by atoms with Crippen LogP contribution in [0.3, 0.4) is 0 Å². The highest BCUT2D eigenvalue weighted by molar-refractivity contribution is 5.95. The summed E-state index contributed by atoms with van der Waals surface area (Å²) in [5.74, 6) is -4.36. The number of cyclic esters (lactones) is 1. The molecule has 142 valence electrons. The third-order valence-corrected chi connectivity index (χ3v) is 4.30. The van der Waals surface area contributed by atoms with Gasteiger partial charge in [0.05, 0.1) is 18.8 Å². The zero-order valence-corrected chi connectivity index (χ0v) is 14.1. The molecule has 2 amide bonds. The van der Waals surface area contributed by atoms with Gasteiger partial charge in [0, 0.05) is 32.8 Å². The Morgan fingerprint density at radius 2 is 2.00 bits per heavy atom. The number of anilines is 2. The van der Waals surface area contributed by atoms with Crippen LogP contribution in [0.2, 0.25) is 0 Å². The normalized spacial score (nSPS) is 20.8. The van der Waals surface area contributed by atoms with E-state index in [9.17, 15) is 22.8 Å². The number of halogens is 3. The lowest BCUT2D eigenvalue weighted by molar-refractivity contribution is -0.127. The molecule has 1 atom stereocenters. The van der Waals surface area contributed by atoms with Crippen LogP contribution in [-0.2, 0) is 14.3 Å². The molecular weight excluding hydrogens is 355 g/mol. The molecule has 0 radical (unpaired) electrons. The van der Waals surface area contributed by atoms with E-state index in [0.717, 1.165) is 6.07 Å². The summed E-state index contributed by atoms with van der Waals surface area (Å²) in [6, 6.07) is 0.743. The number of likely N-dealkylation sites (N-methyl/N-ethyl adjacent to an activating group) is 1. The number of hydrogen-bond donors (Lipinski definition) is 1. The van der Waals surface area contributed by atoms with E-state index in [4.69, 9.17) is 9.47 Å². The van der Waals surface area contributed by atoms with Gasteiger partial charge in [0.2, 0.25) is 0 Å². The summed E-state index contributed by atoms with van der Waals surface area (Å²) in [6.45, 7) is 0.925. The molecule has 2 heterocycles. The highest BCUT2D eigenvalue weighted by Crippen LogP contribution is 2.34. The molecule has 0 aromatic heterocycles. The maximum absolute atomic E-state index is 14.6. The smallest absolute Gasteiger partial charge is 0.415 e. The lowest BCUT2D eigenvalue weighted by atomic mass is 10.2. The van der Waals surface area contributed by atoms with E-state index in [2.05, 4.69) is 5.32 Å². The monoisotopic (exact) mass is 373 g/mol. The van der Waals surface area contributed by atoms with Crippen molar-refractivity contribution in [1.29, 1.82) is 0 Å². The molecule has 3 rings (SSSR count). The fraction of sp³-hybridized carbons (Fsp3) is 0.500. The zero-order chi connectivity index (χ0) is 18.8. The first kappa shape index (κ1) is 18.3. The van der Waals surface area contributed by atoms with E-state index >= 15 is 0 Å². The van der Waals surface area contributed by atoms with Gasteiger partial charge in [0.15, 0.2) is 23.6 Å². The quantitative estimate of drug-likeness (QED) is 0.811. The van der Waals surface area contributed by atoms with Gasteiger partial charge in [0.25, 0.3) is 5.91 Å². The molecular formula is C16H18F3N3O4. The van der Waals surface area contributed by atoms with Crippen LogP contribution in [0.25, 0.3) is 0 Å². The molecule has 2 fully saturated rings. The van der Waals surface area contributed by atoms with Gasteiger partial charge in [-0.05, 0) is 6.42 Å². The average Bonchev–Trinajstić information content (AvgIpc) is 2.83. The molecule has 7 nitrogen and oxygen atoms in total. The summed E-state index contributed by atoms with van der Waals surface area (Å²) in [7, 11) is 1.35. The van der Waals surface area contributed by atoms with Crippen molar-refractivity contribution in [3.05, 3.63) is 23.5 Å². The Bertz CT molecular complexity index is 723. The Kier molecular flexibility index (Phi) is 5.21. The minimum atomic E-state index is -1.39. The zero-order valence-electron chi connectivity index (χ0n) is 14.1. The summed E-state index contributed by atoms with van der Waals surface area (Å²) in [4.78, 5) is 25.6.